The molecule has 0 spiro atoms. The van der Waals surface area contributed by atoms with Crippen molar-refractivity contribution in [2.24, 2.45) is 0 Å². The van der Waals surface area contributed by atoms with E-state index in [2.05, 4.69) is 0 Å². The van der Waals surface area contributed by atoms with Crippen LogP contribution in [0.5, 0.6) is 5.75 Å². The Balaban J connectivity index is 1.83. The van der Waals surface area contributed by atoms with Crippen molar-refractivity contribution in [1.82, 2.24) is 4.90 Å². The fourth-order valence-electron chi connectivity index (χ4n) is 1.74. The highest BCUT2D eigenvalue weighted by atomic mass is 19.1. The Morgan fingerprint density at radius 2 is 1.83 bits per heavy atom. The monoisotopic (exact) mass is 255 g/mol. The number of hydrogen-bond acceptors (Lipinski definition) is 4. The molecule has 1 fully saturated rings. The number of likely N-dealkylation sites (tertiary alicyclic amines) is 1. The summed E-state index contributed by atoms with van der Waals surface area (Å²) in [6, 6.07) is 5.33. The van der Waals surface area contributed by atoms with E-state index in [0.29, 0.717) is 5.75 Å². The lowest BCUT2D eigenvalue weighted by Crippen LogP contribution is -2.33. The number of carbonyl (C=O) groups is 1. The third kappa shape index (κ3) is 2.96. The second kappa shape index (κ2) is 5.32. The van der Waals surface area contributed by atoms with Crippen LogP contribution in [-0.2, 0) is 4.79 Å². The maximum atomic E-state index is 12.6. The molecular weight excluding hydrogens is 241 g/mol. The summed E-state index contributed by atoms with van der Waals surface area (Å²) >= 11 is 0. The lowest BCUT2D eigenvalue weighted by molar-refractivity contribution is -0.132. The van der Waals surface area contributed by atoms with Gasteiger partial charge in [0, 0.05) is 13.1 Å². The van der Waals surface area contributed by atoms with Gasteiger partial charge in [-0.1, -0.05) is 0 Å². The number of benzene rings is 1. The van der Waals surface area contributed by atoms with Crippen molar-refractivity contribution in [2.45, 2.75) is 12.2 Å². The smallest absolute Gasteiger partial charge is 0.260 e. The molecule has 1 aromatic carbocycles. The van der Waals surface area contributed by atoms with E-state index >= 15 is 0 Å². The first-order valence-corrected chi connectivity index (χ1v) is 5.58. The number of β-amino-alcohol motifs (C(OH)–C–C–N with tert-alkyl or cyclic N) is 2. The number of ether oxygens (including phenoxy) is 1. The molecule has 2 N–H and O–H groups in total. The Morgan fingerprint density at radius 1 is 1.28 bits per heavy atom. The average molecular weight is 255 g/mol. The minimum absolute atomic E-state index is 0.104. The zero-order chi connectivity index (χ0) is 13.1. The van der Waals surface area contributed by atoms with Gasteiger partial charge in [-0.2, -0.15) is 0 Å². The highest BCUT2D eigenvalue weighted by molar-refractivity contribution is 5.78. The lowest BCUT2D eigenvalue weighted by atomic mass is 10.3. The number of hydrogen-bond donors (Lipinski definition) is 2. The van der Waals surface area contributed by atoms with E-state index < -0.39 is 12.2 Å². The Kier molecular flexibility index (Phi) is 3.78. The molecule has 1 heterocycles. The van der Waals surface area contributed by atoms with E-state index in [0.717, 1.165) is 0 Å². The van der Waals surface area contributed by atoms with Gasteiger partial charge >= 0.3 is 0 Å². The predicted molar refractivity (Wildman–Crippen MR) is 60.5 cm³/mol. The van der Waals surface area contributed by atoms with Gasteiger partial charge < -0.3 is 19.8 Å². The normalized spacial score (nSPS) is 23.2. The summed E-state index contributed by atoms with van der Waals surface area (Å²) in [4.78, 5) is 13.0. The molecule has 1 aliphatic rings. The molecule has 1 aliphatic heterocycles. The van der Waals surface area contributed by atoms with Gasteiger partial charge in [0.1, 0.15) is 11.6 Å². The average Bonchev–Trinajstić information content (AvgIpc) is 2.69. The largest absolute Gasteiger partial charge is 0.484 e. The summed E-state index contributed by atoms with van der Waals surface area (Å²) in [5, 5.41) is 18.6. The maximum absolute atomic E-state index is 12.6. The molecule has 1 aromatic rings. The number of halogens is 1. The Hall–Kier alpha value is -1.66. The van der Waals surface area contributed by atoms with Crippen molar-refractivity contribution < 1.29 is 24.1 Å². The fraction of sp³-hybridized carbons (Fsp3) is 0.417. The van der Waals surface area contributed by atoms with Crippen molar-refractivity contribution in [1.29, 1.82) is 0 Å². The van der Waals surface area contributed by atoms with Crippen LogP contribution in [0.3, 0.4) is 0 Å². The Morgan fingerprint density at radius 3 is 2.39 bits per heavy atom. The lowest BCUT2D eigenvalue weighted by Gasteiger charge is -2.15. The molecule has 2 atom stereocenters. The molecular formula is C12H14FNO4. The highest BCUT2D eigenvalue weighted by Gasteiger charge is 2.32. The van der Waals surface area contributed by atoms with Crippen LogP contribution in [0.1, 0.15) is 0 Å². The van der Waals surface area contributed by atoms with Crippen molar-refractivity contribution in [3.8, 4) is 5.75 Å². The Labute approximate surface area is 103 Å². The molecule has 5 nitrogen and oxygen atoms in total. The predicted octanol–water partition coefficient (Wildman–Crippen LogP) is -0.231. The van der Waals surface area contributed by atoms with Gasteiger partial charge in [0.05, 0.1) is 12.2 Å². The van der Waals surface area contributed by atoms with Crippen molar-refractivity contribution in [3.63, 3.8) is 0 Å². The molecule has 98 valence electrons. The first-order chi connectivity index (χ1) is 8.56. The van der Waals surface area contributed by atoms with Crippen LogP contribution in [0.15, 0.2) is 24.3 Å². The van der Waals surface area contributed by atoms with Gasteiger partial charge in [-0.25, -0.2) is 4.39 Å². The molecule has 0 saturated carbocycles. The van der Waals surface area contributed by atoms with Gasteiger partial charge in [0.2, 0.25) is 0 Å². The minimum atomic E-state index is -0.903. The van der Waals surface area contributed by atoms with Crippen molar-refractivity contribution in [2.75, 3.05) is 19.7 Å². The van der Waals surface area contributed by atoms with Crippen LogP contribution in [-0.4, -0.2) is 52.9 Å². The summed E-state index contributed by atoms with van der Waals surface area (Å²) in [5.41, 5.74) is 0. The zero-order valence-electron chi connectivity index (χ0n) is 9.62. The van der Waals surface area contributed by atoms with E-state index in [1.54, 1.807) is 0 Å². The molecule has 2 rings (SSSR count). The quantitative estimate of drug-likeness (QED) is 0.782. The molecule has 18 heavy (non-hydrogen) atoms. The first-order valence-electron chi connectivity index (χ1n) is 5.58. The third-order valence-corrected chi connectivity index (χ3v) is 2.79. The van der Waals surface area contributed by atoms with Crippen LogP contribution in [0.25, 0.3) is 0 Å². The van der Waals surface area contributed by atoms with E-state index in [9.17, 15) is 19.4 Å². The van der Waals surface area contributed by atoms with Crippen LogP contribution in [0.4, 0.5) is 4.39 Å². The number of aliphatic hydroxyl groups excluding tert-OH is 2. The van der Waals surface area contributed by atoms with Crippen LogP contribution in [0, 0.1) is 5.82 Å². The summed E-state index contributed by atoms with van der Waals surface area (Å²) in [7, 11) is 0. The molecule has 0 radical (unpaired) electrons. The number of carbonyl (C=O) groups excluding carboxylic acids is 1. The van der Waals surface area contributed by atoms with E-state index in [4.69, 9.17) is 4.74 Å². The summed E-state index contributed by atoms with van der Waals surface area (Å²) in [5.74, 6) is -0.306. The van der Waals surface area contributed by atoms with Gasteiger partial charge in [0.15, 0.2) is 6.61 Å². The standard InChI is InChI=1S/C12H14FNO4/c13-8-1-3-9(4-2-8)18-7-12(17)14-5-10(15)11(16)6-14/h1-4,10-11,15-16H,5-7H2/t10-,11+. The number of amides is 1. The molecule has 6 heteroatoms. The van der Waals surface area contributed by atoms with E-state index in [-0.39, 0.29) is 31.4 Å². The van der Waals surface area contributed by atoms with Crippen LogP contribution < -0.4 is 4.74 Å². The summed E-state index contributed by atoms with van der Waals surface area (Å²) in [6.45, 7) is 0.00459. The van der Waals surface area contributed by atoms with Gasteiger partial charge in [0.25, 0.3) is 5.91 Å². The van der Waals surface area contributed by atoms with Crippen molar-refractivity contribution >= 4 is 5.91 Å². The Bertz CT molecular complexity index is 413. The second-order valence-electron chi connectivity index (χ2n) is 4.18. The van der Waals surface area contributed by atoms with E-state index in [1.165, 1.54) is 29.2 Å². The van der Waals surface area contributed by atoms with E-state index in [1.807, 2.05) is 0 Å². The molecule has 0 aliphatic carbocycles. The summed E-state index contributed by atoms with van der Waals surface area (Å²) < 4.78 is 17.8. The minimum Gasteiger partial charge on any atom is -0.484 e. The SMILES string of the molecule is O=C(COc1ccc(F)cc1)N1C[C@@H](O)[C@@H](O)C1. The number of nitrogens with zero attached hydrogens (tertiary/aromatic N) is 1. The van der Waals surface area contributed by atoms with Gasteiger partial charge in [-0.15, -0.1) is 0 Å². The first kappa shape index (κ1) is 12.8. The maximum Gasteiger partial charge on any atom is 0.260 e. The van der Waals surface area contributed by atoms with Crippen molar-refractivity contribution in [3.05, 3.63) is 30.1 Å². The highest BCUT2D eigenvalue weighted by Crippen LogP contribution is 2.13. The zero-order valence-corrected chi connectivity index (χ0v) is 9.62. The molecule has 0 bridgehead atoms. The van der Waals surface area contributed by atoms with Gasteiger partial charge in [-0.3, -0.25) is 4.79 Å². The van der Waals surface area contributed by atoms with Crippen LogP contribution >= 0.6 is 0 Å². The summed E-state index contributed by atoms with van der Waals surface area (Å²) in [6.07, 6.45) is -1.81. The second-order valence-corrected chi connectivity index (χ2v) is 4.18. The van der Waals surface area contributed by atoms with Gasteiger partial charge in [-0.05, 0) is 24.3 Å². The number of aliphatic hydroxyl groups is 2. The molecule has 0 unspecified atom stereocenters. The van der Waals surface area contributed by atoms with Crippen LogP contribution in [0.2, 0.25) is 0 Å². The number of rotatable bonds is 3. The topological polar surface area (TPSA) is 70.0 Å². The fourth-order valence-corrected chi connectivity index (χ4v) is 1.74. The molecule has 1 amide bonds. The molecule has 0 aromatic heterocycles. The molecule has 1 saturated heterocycles. The third-order valence-electron chi connectivity index (χ3n) is 2.79.